The maximum absolute atomic E-state index is 12.1. The number of amides is 1. The molecule has 1 atom stereocenters. The summed E-state index contributed by atoms with van der Waals surface area (Å²) in [5, 5.41) is 9.24. The second-order valence-corrected chi connectivity index (χ2v) is 5.64. The van der Waals surface area contributed by atoms with Crippen LogP contribution in [0.4, 0.5) is 0 Å². The number of nitrogens with zero attached hydrogens (tertiary/aromatic N) is 1. The first kappa shape index (κ1) is 13.4. The molecule has 0 radical (unpaired) electrons. The van der Waals surface area contributed by atoms with Crippen LogP contribution in [0.5, 0.6) is 5.75 Å². The summed E-state index contributed by atoms with van der Waals surface area (Å²) in [5.41, 5.74) is 2.76. The van der Waals surface area contributed by atoms with Crippen molar-refractivity contribution in [1.82, 2.24) is 4.90 Å². The molecule has 3 rings (SSSR count). The van der Waals surface area contributed by atoms with Crippen LogP contribution in [0.25, 0.3) is 0 Å². The molecular weight excluding hydrogens is 254 g/mol. The van der Waals surface area contributed by atoms with Crippen molar-refractivity contribution < 1.29 is 14.6 Å². The molecule has 20 heavy (non-hydrogen) atoms. The molecule has 1 aromatic carbocycles. The molecule has 0 aromatic heterocycles. The summed E-state index contributed by atoms with van der Waals surface area (Å²) in [5.74, 6) is 0.751. The average Bonchev–Trinajstić information content (AvgIpc) is 3.12. The van der Waals surface area contributed by atoms with Crippen molar-refractivity contribution in [2.24, 2.45) is 0 Å². The van der Waals surface area contributed by atoms with Gasteiger partial charge in [-0.1, -0.05) is 6.07 Å². The third-order valence-electron chi connectivity index (χ3n) is 4.34. The lowest BCUT2D eigenvalue weighted by atomic mass is 10.1. The lowest BCUT2D eigenvalue weighted by molar-refractivity contribution is -0.134. The topological polar surface area (TPSA) is 49.8 Å². The largest absolute Gasteiger partial charge is 0.484 e. The first-order valence-electron chi connectivity index (χ1n) is 7.43. The lowest BCUT2D eigenvalue weighted by Crippen LogP contribution is -2.40. The van der Waals surface area contributed by atoms with Crippen LogP contribution in [0.3, 0.4) is 0 Å². The second kappa shape index (κ2) is 5.83. The van der Waals surface area contributed by atoms with Gasteiger partial charge in [-0.05, 0) is 55.4 Å². The highest BCUT2D eigenvalue weighted by Gasteiger charge is 2.28. The van der Waals surface area contributed by atoms with Crippen LogP contribution in [-0.2, 0) is 17.6 Å². The fourth-order valence-electron chi connectivity index (χ4n) is 3.22. The van der Waals surface area contributed by atoms with Crippen molar-refractivity contribution in [3.05, 3.63) is 29.3 Å². The van der Waals surface area contributed by atoms with Gasteiger partial charge in [-0.3, -0.25) is 4.79 Å². The number of aryl methyl sites for hydroxylation is 2. The van der Waals surface area contributed by atoms with Crippen molar-refractivity contribution in [2.75, 3.05) is 19.8 Å². The summed E-state index contributed by atoms with van der Waals surface area (Å²) in [6.45, 7) is 0.845. The summed E-state index contributed by atoms with van der Waals surface area (Å²) in [4.78, 5) is 13.9. The van der Waals surface area contributed by atoms with E-state index >= 15 is 0 Å². The van der Waals surface area contributed by atoms with Gasteiger partial charge in [0.15, 0.2) is 6.61 Å². The summed E-state index contributed by atoms with van der Waals surface area (Å²) >= 11 is 0. The molecule has 1 unspecified atom stereocenters. The van der Waals surface area contributed by atoms with Crippen LogP contribution < -0.4 is 4.74 Å². The summed E-state index contributed by atoms with van der Waals surface area (Å²) in [7, 11) is 0. The van der Waals surface area contributed by atoms with Gasteiger partial charge in [0.05, 0.1) is 12.6 Å². The van der Waals surface area contributed by atoms with Gasteiger partial charge in [-0.15, -0.1) is 0 Å². The normalized spacial score (nSPS) is 21.1. The zero-order chi connectivity index (χ0) is 13.9. The number of rotatable bonds is 4. The standard InChI is InChI=1S/C16H21NO3/c18-10-14-5-2-8-17(14)16(19)11-20-15-7-6-12-3-1-4-13(12)9-15/h6-7,9,14,18H,1-5,8,10-11H2. The van der Waals surface area contributed by atoms with Crippen LogP contribution in [0, 0.1) is 0 Å². The van der Waals surface area contributed by atoms with Gasteiger partial charge in [0.25, 0.3) is 5.91 Å². The molecule has 4 heteroatoms. The number of likely N-dealkylation sites (tertiary alicyclic amines) is 1. The van der Waals surface area contributed by atoms with Gasteiger partial charge in [0, 0.05) is 6.54 Å². The minimum absolute atomic E-state index is 0.0221. The Labute approximate surface area is 119 Å². The minimum atomic E-state index is -0.0259. The molecule has 1 amide bonds. The third kappa shape index (κ3) is 2.66. The van der Waals surface area contributed by atoms with Crippen molar-refractivity contribution in [2.45, 2.75) is 38.1 Å². The van der Waals surface area contributed by atoms with E-state index in [2.05, 4.69) is 12.1 Å². The molecule has 4 nitrogen and oxygen atoms in total. The predicted octanol–water partition coefficient (Wildman–Crippen LogP) is 1.54. The molecule has 0 bridgehead atoms. The number of aliphatic hydroxyl groups is 1. The van der Waals surface area contributed by atoms with Gasteiger partial charge in [-0.2, -0.15) is 0 Å². The Kier molecular flexibility index (Phi) is 3.92. The number of ether oxygens (including phenoxy) is 1. The van der Waals surface area contributed by atoms with Gasteiger partial charge in [-0.25, -0.2) is 0 Å². The van der Waals surface area contributed by atoms with E-state index in [9.17, 15) is 9.90 Å². The van der Waals surface area contributed by atoms with Gasteiger partial charge in [0.1, 0.15) is 5.75 Å². The minimum Gasteiger partial charge on any atom is -0.484 e. The fraction of sp³-hybridized carbons (Fsp3) is 0.562. The number of carbonyl (C=O) groups is 1. The molecule has 0 spiro atoms. The smallest absolute Gasteiger partial charge is 0.260 e. The summed E-state index contributed by atoms with van der Waals surface area (Å²) in [6.07, 6.45) is 5.33. The van der Waals surface area contributed by atoms with E-state index in [1.807, 2.05) is 6.07 Å². The van der Waals surface area contributed by atoms with Crippen LogP contribution >= 0.6 is 0 Å². The fourth-order valence-corrected chi connectivity index (χ4v) is 3.22. The van der Waals surface area contributed by atoms with Gasteiger partial charge >= 0.3 is 0 Å². The van der Waals surface area contributed by atoms with Crippen molar-refractivity contribution in [1.29, 1.82) is 0 Å². The van der Waals surface area contributed by atoms with Crippen LogP contribution in [0.2, 0.25) is 0 Å². The summed E-state index contributed by atoms with van der Waals surface area (Å²) in [6, 6.07) is 6.09. The van der Waals surface area contributed by atoms with Gasteiger partial charge in [0.2, 0.25) is 0 Å². The number of hydrogen-bond donors (Lipinski definition) is 1. The highest BCUT2D eigenvalue weighted by atomic mass is 16.5. The summed E-state index contributed by atoms with van der Waals surface area (Å²) < 4.78 is 5.63. The molecule has 1 fully saturated rings. The van der Waals surface area contributed by atoms with E-state index in [4.69, 9.17) is 4.74 Å². The zero-order valence-electron chi connectivity index (χ0n) is 11.7. The molecule has 1 aliphatic carbocycles. The first-order valence-corrected chi connectivity index (χ1v) is 7.43. The Hall–Kier alpha value is -1.55. The highest BCUT2D eigenvalue weighted by molar-refractivity contribution is 5.78. The molecule has 1 aliphatic heterocycles. The van der Waals surface area contributed by atoms with Crippen molar-refractivity contribution in [3.63, 3.8) is 0 Å². The molecule has 1 N–H and O–H groups in total. The second-order valence-electron chi connectivity index (χ2n) is 5.64. The number of benzene rings is 1. The molecule has 108 valence electrons. The monoisotopic (exact) mass is 275 g/mol. The Morgan fingerprint density at radius 3 is 3.00 bits per heavy atom. The SMILES string of the molecule is O=C(COc1ccc2c(c1)CCC2)N1CCCC1CO. The number of fused-ring (bicyclic) bond motifs is 1. The van der Waals surface area contributed by atoms with Crippen LogP contribution in [0.1, 0.15) is 30.4 Å². The molecule has 1 aromatic rings. The Bertz CT molecular complexity index is 500. The quantitative estimate of drug-likeness (QED) is 0.906. The zero-order valence-corrected chi connectivity index (χ0v) is 11.7. The van der Waals surface area contributed by atoms with E-state index in [1.165, 1.54) is 17.5 Å². The van der Waals surface area contributed by atoms with Crippen molar-refractivity contribution in [3.8, 4) is 5.75 Å². The van der Waals surface area contributed by atoms with Crippen molar-refractivity contribution >= 4 is 5.91 Å². The van der Waals surface area contributed by atoms with E-state index in [0.29, 0.717) is 0 Å². The lowest BCUT2D eigenvalue weighted by Gasteiger charge is -2.23. The van der Waals surface area contributed by atoms with E-state index < -0.39 is 0 Å². The molecule has 2 aliphatic rings. The third-order valence-corrected chi connectivity index (χ3v) is 4.34. The Morgan fingerprint density at radius 1 is 1.30 bits per heavy atom. The van der Waals surface area contributed by atoms with E-state index in [0.717, 1.165) is 38.0 Å². The molecule has 0 saturated carbocycles. The maximum Gasteiger partial charge on any atom is 0.260 e. The average molecular weight is 275 g/mol. The molecule has 1 saturated heterocycles. The van der Waals surface area contributed by atoms with Crippen LogP contribution in [-0.4, -0.2) is 41.7 Å². The predicted molar refractivity (Wildman–Crippen MR) is 75.8 cm³/mol. The van der Waals surface area contributed by atoms with E-state index in [1.54, 1.807) is 4.90 Å². The first-order chi connectivity index (χ1) is 9.78. The van der Waals surface area contributed by atoms with Gasteiger partial charge < -0.3 is 14.7 Å². The highest BCUT2D eigenvalue weighted by Crippen LogP contribution is 2.26. The number of carbonyl (C=O) groups excluding carboxylic acids is 1. The van der Waals surface area contributed by atoms with Crippen LogP contribution in [0.15, 0.2) is 18.2 Å². The maximum atomic E-state index is 12.1. The Morgan fingerprint density at radius 2 is 2.15 bits per heavy atom. The number of aliphatic hydroxyl groups excluding tert-OH is 1. The number of hydrogen-bond acceptors (Lipinski definition) is 3. The molecular formula is C16H21NO3. The van der Waals surface area contributed by atoms with E-state index in [-0.39, 0.29) is 25.2 Å². The molecule has 1 heterocycles. The Balaban J connectivity index is 1.58.